The lowest BCUT2D eigenvalue weighted by atomic mass is 10.4. The molecule has 0 amide bonds. The fraction of sp³-hybridized carbons (Fsp3) is 0.333. The summed E-state index contributed by atoms with van der Waals surface area (Å²) >= 11 is 0. The van der Waals surface area contributed by atoms with Crippen molar-refractivity contribution in [1.29, 1.82) is 0 Å². The Morgan fingerprint density at radius 1 is 1.71 bits per heavy atom. The molecule has 0 saturated carbocycles. The Kier molecular flexibility index (Phi) is 4.59. The van der Waals surface area contributed by atoms with E-state index in [0.29, 0.717) is 0 Å². The van der Waals surface area contributed by atoms with Gasteiger partial charge >= 0.3 is 0 Å². The van der Waals surface area contributed by atoms with Crippen LogP contribution < -0.4 is 0 Å². The molecule has 0 aliphatic carbocycles. The van der Waals surface area contributed by atoms with Gasteiger partial charge in [0.05, 0.1) is 0 Å². The predicted molar refractivity (Wildman–Crippen MR) is 29.7 cm³/mol. The molecule has 38 valence electrons. The second-order valence-electron chi connectivity index (χ2n) is 1.12. The van der Waals surface area contributed by atoms with E-state index >= 15 is 0 Å². The van der Waals surface area contributed by atoms with Gasteiger partial charge in [0.15, 0.2) is 0 Å². The van der Waals surface area contributed by atoms with E-state index in [4.69, 9.17) is 0 Å². The Labute approximate surface area is 43.3 Å². The Morgan fingerprint density at radius 2 is 2.43 bits per heavy atom. The van der Waals surface area contributed by atoms with Gasteiger partial charge in [0.1, 0.15) is 5.94 Å². The summed E-state index contributed by atoms with van der Waals surface area (Å²) in [6.07, 6.45) is 5.90. The van der Waals surface area contributed by atoms with E-state index in [1.807, 2.05) is 13.0 Å². The molecule has 0 spiro atoms. The predicted octanol–water partition coefficient (Wildman–Crippen LogP) is 1.34. The normalized spacial score (nSPS) is 8.71. The molecule has 0 unspecified atom stereocenters. The molecule has 0 aliphatic heterocycles. The summed E-state index contributed by atoms with van der Waals surface area (Å²) in [7, 11) is 0. The van der Waals surface area contributed by atoms with Gasteiger partial charge in [-0.2, -0.15) is 0 Å². The molecule has 1 nitrogen and oxygen atoms in total. The van der Waals surface area contributed by atoms with Crippen molar-refractivity contribution in [2.45, 2.75) is 13.3 Å². The molecule has 0 N–H and O–H groups in total. The van der Waals surface area contributed by atoms with Crippen molar-refractivity contribution >= 4 is 5.94 Å². The maximum absolute atomic E-state index is 9.45. The van der Waals surface area contributed by atoms with E-state index < -0.39 is 0 Å². The van der Waals surface area contributed by atoms with Crippen molar-refractivity contribution in [3.63, 3.8) is 0 Å². The van der Waals surface area contributed by atoms with Crippen molar-refractivity contribution in [3.8, 4) is 0 Å². The van der Waals surface area contributed by atoms with Crippen molar-refractivity contribution in [2.75, 3.05) is 0 Å². The topological polar surface area (TPSA) is 17.1 Å². The van der Waals surface area contributed by atoms with Crippen LogP contribution in [0.4, 0.5) is 0 Å². The molecule has 7 heavy (non-hydrogen) atoms. The Bertz CT molecular complexity index is 96.7. The molecular formula is C6H8O. The zero-order chi connectivity index (χ0) is 5.54. The minimum absolute atomic E-state index is 0.970. The van der Waals surface area contributed by atoms with Gasteiger partial charge in [0.2, 0.25) is 0 Å². The largest absolute Gasteiger partial charge is 0.234 e. The lowest BCUT2D eigenvalue weighted by molar-refractivity contribution is 0.569. The number of allylic oxidation sites excluding steroid dienone is 3. The van der Waals surface area contributed by atoms with E-state index in [1.54, 1.807) is 12.0 Å². The van der Waals surface area contributed by atoms with Crippen LogP contribution in [0.2, 0.25) is 0 Å². The van der Waals surface area contributed by atoms with Crippen LogP contribution in [0.1, 0.15) is 13.3 Å². The van der Waals surface area contributed by atoms with Crippen molar-refractivity contribution < 1.29 is 4.79 Å². The summed E-state index contributed by atoms with van der Waals surface area (Å²) in [5, 5.41) is 0. The second-order valence-corrected chi connectivity index (χ2v) is 1.12. The molecule has 0 rings (SSSR count). The maximum Gasteiger partial charge on any atom is 0.124 e. The van der Waals surface area contributed by atoms with Crippen LogP contribution in [0.3, 0.4) is 0 Å². The molecule has 0 aromatic heterocycles. The molecule has 0 aromatic rings. The first kappa shape index (κ1) is 6.19. The first-order valence-electron chi connectivity index (χ1n) is 2.27. The molecule has 0 heterocycles. The molecular weight excluding hydrogens is 88.1 g/mol. The molecule has 0 aromatic carbocycles. The van der Waals surface area contributed by atoms with Crippen LogP contribution in [0.25, 0.3) is 0 Å². The first-order valence-corrected chi connectivity index (χ1v) is 2.27. The second kappa shape index (κ2) is 5.19. The Balaban J connectivity index is 3.27. The van der Waals surface area contributed by atoms with Crippen LogP contribution in [-0.4, -0.2) is 5.94 Å². The van der Waals surface area contributed by atoms with E-state index in [1.165, 1.54) is 6.08 Å². The van der Waals surface area contributed by atoms with E-state index in [0.717, 1.165) is 6.42 Å². The summed E-state index contributed by atoms with van der Waals surface area (Å²) in [5.74, 6) is 1.64. The van der Waals surface area contributed by atoms with Crippen molar-refractivity contribution in [3.05, 3.63) is 18.2 Å². The minimum Gasteiger partial charge on any atom is -0.234 e. The van der Waals surface area contributed by atoms with Gasteiger partial charge < -0.3 is 0 Å². The van der Waals surface area contributed by atoms with Gasteiger partial charge in [-0.25, -0.2) is 4.79 Å². The Hall–Kier alpha value is -0.810. The Morgan fingerprint density at radius 3 is 2.86 bits per heavy atom. The van der Waals surface area contributed by atoms with E-state index in [9.17, 15) is 4.79 Å². The summed E-state index contributed by atoms with van der Waals surface area (Å²) in [6, 6.07) is 0. The first-order chi connectivity index (χ1) is 3.41. The van der Waals surface area contributed by atoms with Gasteiger partial charge in [0, 0.05) is 6.08 Å². The molecule has 0 saturated heterocycles. The van der Waals surface area contributed by atoms with Crippen LogP contribution in [-0.2, 0) is 4.79 Å². The number of rotatable bonds is 2. The summed E-state index contributed by atoms with van der Waals surface area (Å²) in [4.78, 5) is 9.45. The van der Waals surface area contributed by atoms with Crippen LogP contribution in [0, 0.1) is 0 Å². The zero-order valence-corrected chi connectivity index (χ0v) is 4.35. The zero-order valence-electron chi connectivity index (χ0n) is 4.35. The maximum atomic E-state index is 9.45. The number of carbonyl (C=O) groups excluding carboxylic acids is 1. The minimum atomic E-state index is 0.970. The smallest absolute Gasteiger partial charge is 0.124 e. The molecule has 1 heteroatoms. The standard InChI is InChI=1S/C6H8O/c1-2-3-4-5-6-7/h3-5H,2H2,1H3. The van der Waals surface area contributed by atoms with Gasteiger partial charge in [-0.05, 0) is 6.42 Å². The van der Waals surface area contributed by atoms with Crippen molar-refractivity contribution in [1.82, 2.24) is 0 Å². The SMILES string of the molecule is CCC=CC=C=O. The summed E-state index contributed by atoms with van der Waals surface area (Å²) in [5.41, 5.74) is 0. The summed E-state index contributed by atoms with van der Waals surface area (Å²) in [6.45, 7) is 2.01. The monoisotopic (exact) mass is 96.1 g/mol. The number of hydrogen-bond acceptors (Lipinski definition) is 1. The molecule has 0 radical (unpaired) electrons. The quantitative estimate of drug-likeness (QED) is 0.374. The lowest BCUT2D eigenvalue weighted by Gasteiger charge is -1.66. The lowest BCUT2D eigenvalue weighted by Crippen LogP contribution is -1.50. The average molecular weight is 96.1 g/mol. The fourth-order valence-corrected chi connectivity index (χ4v) is 0.243. The molecule has 0 atom stereocenters. The summed E-state index contributed by atoms with van der Waals surface area (Å²) < 4.78 is 0. The van der Waals surface area contributed by atoms with Crippen LogP contribution >= 0.6 is 0 Å². The van der Waals surface area contributed by atoms with Crippen LogP contribution in [0.5, 0.6) is 0 Å². The highest BCUT2D eigenvalue weighted by Crippen LogP contribution is 1.76. The van der Waals surface area contributed by atoms with Gasteiger partial charge in [-0.1, -0.05) is 19.1 Å². The third-order valence-corrected chi connectivity index (χ3v) is 0.536. The van der Waals surface area contributed by atoms with E-state index in [2.05, 4.69) is 0 Å². The number of hydrogen-bond donors (Lipinski definition) is 0. The van der Waals surface area contributed by atoms with E-state index in [-0.39, 0.29) is 0 Å². The molecule has 0 aliphatic rings. The highest BCUT2D eigenvalue weighted by Gasteiger charge is 1.58. The highest BCUT2D eigenvalue weighted by atomic mass is 16.1. The average Bonchev–Trinajstić information content (AvgIpc) is 1.69. The van der Waals surface area contributed by atoms with Gasteiger partial charge in [-0.3, -0.25) is 0 Å². The fourth-order valence-electron chi connectivity index (χ4n) is 0.243. The molecule has 0 fully saturated rings. The third-order valence-electron chi connectivity index (χ3n) is 0.536. The highest BCUT2D eigenvalue weighted by molar-refractivity contribution is 5.48. The van der Waals surface area contributed by atoms with Crippen LogP contribution in [0.15, 0.2) is 18.2 Å². The molecule has 0 bridgehead atoms. The third kappa shape index (κ3) is 5.19. The van der Waals surface area contributed by atoms with Gasteiger partial charge in [0.25, 0.3) is 0 Å². The van der Waals surface area contributed by atoms with Gasteiger partial charge in [-0.15, -0.1) is 0 Å². The van der Waals surface area contributed by atoms with Crippen molar-refractivity contribution in [2.24, 2.45) is 0 Å².